The molecule has 8 aromatic rings. The number of nitrogens with zero attached hydrogens (tertiary/aromatic N) is 5. The zero-order valence-electron chi connectivity index (χ0n) is 33.1. The van der Waals surface area contributed by atoms with Crippen molar-refractivity contribution in [3.63, 3.8) is 0 Å². The highest BCUT2D eigenvalue weighted by Crippen LogP contribution is 2.37. The van der Waals surface area contributed by atoms with E-state index in [1.807, 2.05) is 135 Å². The summed E-state index contributed by atoms with van der Waals surface area (Å²) < 4.78 is 45.1. The van der Waals surface area contributed by atoms with Crippen LogP contribution in [0.5, 0.6) is 0 Å². The molecule has 0 spiro atoms. The van der Waals surface area contributed by atoms with E-state index < -0.39 is 18.1 Å². The van der Waals surface area contributed by atoms with Gasteiger partial charge >= 0.3 is 0 Å². The number of aromatic nitrogens is 5. The van der Waals surface area contributed by atoms with Crippen LogP contribution in [0.4, 0.5) is 0 Å². The second-order valence-corrected chi connectivity index (χ2v) is 11.9. The van der Waals surface area contributed by atoms with Crippen molar-refractivity contribution in [2.75, 3.05) is 0 Å². The number of rotatable bonds is 8. The Morgan fingerprint density at radius 2 is 1.16 bits per heavy atom. The van der Waals surface area contributed by atoms with Crippen LogP contribution in [-0.2, 0) is 0 Å². The first-order valence-electron chi connectivity index (χ1n) is 19.2. The number of hydrogen-bond donors (Lipinski definition) is 0. The lowest BCUT2D eigenvalue weighted by Gasteiger charge is -2.13. The maximum absolute atomic E-state index is 8.90. The molecule has 5 aromatic carbocycles. The summed E-state index contributed by atoms with van der Waals surface area (Å²) in [7, 11) is 0. The summed E-state index contributed by atoms with van der Waals surface area (Å²) in [5.74, 6) is 1.33. The minimum Gasteiger partial charge on any atom is -0.299 e. The van der Waals surface area contributed by atoms with Crippen LogP contribution < -0.4 is 0 Å². The Morgan fingerprint density at radius 3 is 1.88 bits per heavy atom. The molecule has 0 fully saturated rings. The molecule has 244 valence electrons. The van der Waals surface area contributed by atoms with Crippen LogP contribution in [0.25, 0.3) is 78.8 Å². The van der Waals surface area contributed by atoms with E-state index in [2.05, 4.69) is 22.6 Å². The summed E-state index contributed by atoms with van der Waals surface area (Å²) in [6.45, 7) is 3.86. The molecule has 0 aliphatic rings. The van der Waals surface area contributed by atoms with E-state index in [4.69, 9.17) is 26.8 Å². The van der Waals surface area contributed by atoms with Gasteiger partial charge in [-0.25, -0.2) is 19.9 Å². The third kappa shape index (κ3) is 6.41. The van der Waals surface area contributed by atoms with E-state index in [0.29, 0.717) is 28.6 Å². The average molecular weight is 663 g/mol. The van der Waals surface area contributed by atoms with Crippen LogP contribution in [0.1, 0.15) is 26.5 Å². The molecule has 3 aromatic heterocycles. The minimum atomic E-state index is -0.452. The normalized spacial score (nSPS) is 13.1. The molecule has 51 heavy (non-hydrogen) atoms. The number of pyridine rings is 1. The highest BCUT2D eigenvalue weighted by atomic mass is 15.0. The molecule has 0 N–H and O–H groups in total. The zero-order valence-corrected chi connectivity index (χ0v) is 28.1. The van der Waals surface area contributed by atoms with Crippen LogP contribution in [0.3, 0.4) is 0 Å². The lowest BCUT2D eigenvalue weighted by molar-refractivity contribution is 1.04. The number of allylic oxidation sites excluding steroid dienone is 4. The van der Waals surface area contributed by atoms with Gasteiger partial charge < -0.3 is 0 Å². The Morgan fingerprint density at radius 1 is 0.549 bits per heavy atom. The molecule has 0 amide bonds. The first-order valence-corrected chi connectivity index (χ1v) is 16.7. The summed E-state index contributed by atoms with van der Waals surface area (Å²) in [6, 6.07) is 37.6. The lowest BCUT2D eigenvalue weighted by Crippen LogP contribution is -2.02. The highest BCUT2D eigenvalue weighted by Gasteiger charge is 2.18. The van der Waals surface area contributed by atoms with Gasteiger partial charge in [0, 0.05) is 34.0 Å². The average Bonchev–Trinajstić information content (AvgIpc) is 3.64. The first kappa shape index (κ1) is 26.2. The molecule has 0 saturated heterocycles. The van der Waals surface area contributed by atoms with E-state index in [9.17, 15) is 0 Å². The Kier molecular flexibility index (Phi) is 7.20. The molecule has 0 saturated carbocycles. The topological polar surface area (TPSA) is 56.0 Å². The van der Waals surface area contributed by atoms with Crippen LogP contribution in [0.15, 0.2) is 176 Å². The van der Waals surface area contributed by atoms with Crippen LogP contribution >= 0.6 is 0 Å². The fourth-order valence-electron chi connectivity index (χ4n) is 6.21. The van der Waals surface area contributed by atoms with Gasteiger partial charge in [0.05, 0.1) is 18.2 Å². The molecule has 0 aliphatic heterocycles. The van der Waals surface area contributed by atoms with Gasteiger partial charge in [0.25, 0.3) is 0 Å². The molecule has 0 aliphatic carbocycles. The van der Waals surface area contributed by atoms with Gasteiger partial charge in [0.15, 0.2) is 17.5 Å². The van der Waals surface area contributed by atoms with Crippen molar-refractivity contribution in [3.8, 4) is 67.5 Å². The van der Waals surface area contributed by atoms with E-state index in [-0.39, 0.29) is 17.6 Å². The van der Waals surface area contributed by atoms with E-state index in [1.165, 1.54) is 0 Å². The number of hydrogen-bond acceptors (Lipinski definition) is 4. The van der Waals surface area contributed by atoms with Crippen molar-refractivity contribution in [2.24, 2.45) is 0 Å². The van der Waals surface area contributed by atoms with Crippen LogP contribution in [0, 0.1) is 0 Å². The van der Waals surface area contributed by atoms with Gasteiger partial charge in [-0.1, -0.05) is 133 Å². The fraction of sp³-hybridized carbons (Fsp3) is 0.0435. The summed E-state index contributed by atoms with van der Waals surface area (Å²) in [5, 5.41) is 0. The largest absolute Gasteiger partial charge is 0.299 e. The van der Waals surface area contributed by atoms with Crippen molar-refractivity contribution >= 4 is 11.2 Å². The van der Waals surface area contributed by atoms with E-state index in [1.54, 1.807) is 6.07 Å². The molecule has 0 unspecified atom stereocenters. The van der Waals surface area contributed by atoms with Crippen molar-refractivity contribution < 1.29 is 6.85 Å². The minimum absolute atomic E-state index is 0.0857. The first-order chi connectivity index (χ1) is 27.2. The summed E-state index contributed by atoms with van der Waals surface area (Å²) >= 11 is 0. The molecule has 5 heteroatoms. The molecular formula is C46H35N5. The SMILES string of the molecule is [2H]c1c([2H])c([2H])c(-c2cc(-c3cccc(-c4nc5ccccn5c4-c4ccccc4)c3)cc(-c3nc(C(/C=C\C)=C/C)nc(-c4ccccc4)n3)c2)c([2H])c1[2H]. The van der Waals surface area contributed by atoms with Gasteiger partial charge in [0.1, 0.15) is 5.65 Å². The quantitative estimate of drug-likeness (QED) is 0.152. The van der Waals surface area contributed by atoms with Crippen LogP contribution in [-0.4, -0.2) is 24.3 Å². The summed E-state index contributed by atoms with van der Waals surface area (Å²) in [6.07, 6.45) is 7.82. The standard InChI is InChI=1S/C46H35N5/c1-3-17-32(4-2)44-48-45(35-22-12-7-13-23-35)50-46(49-44)40-30-38(33-18-8-5-9-19-33)29-39(31-40)36-24-16-25-37(28-36)42-43(34-20-10-6-11-21-34)51-27-15-14-26-41(51)47-42/h3-31H,1-2H3/b17-3-,32-4+/i5D,8D,9D,18D,19D. The fourth-order valence-corrected chi connectivity index (χ4v) is 6.21. The molecule has 0 radical (unpaired) electrons. The molecule has 8 rings (SSSR count). The van der Waals surface area contributed by atoms with E-state index >= 15 is 0 Å². The maximum atomic E-state index is 8.90. The van der Waals surface area contributed by atoms with Crippen molar-refractivity contribution in [3.05, 3.63) is 182 Å². The van der Waals surface area contributed by atoms with Crippen molar-refractivity contribution in [1.82, 2.24) is 24.3 Å². The second kappa shape index (κ2) is 14.0. The Hall–Kier alpha value is -6.72. The number of fused-ring (bicyclic) bond motifs is 1. The monoisotopic (exact) mass is 662 g/mol. The van der Waals surface area contributed by atoms with Crippen molar-refractivity contribution in [1.29, 1.82) is 0 Å². The van der Waals surface area contributed by atoms with Gasteiger partial charge in [-0.05, 0) is 72.5 Å². The van der Waals surface area contributed by atoms with Gasteiger partial charge in [-0.2, -0.15) is 0 Å². The Balaban J connectivity index is 1.38. The molecule has 0 atom stereocenters. The predicted octanol–water partition coefficient (Wildman–Crippen LogP) is 11.5. The third-order valence-corrected chi connectivity index (χ3v) is 8.61. The lowest BCUT2D eigenvalue weighted by atomic mass is 9.94. The third-order valence-electron chi connectivity index (χ3n) is 8.61. The Bertz CT molecular complexity index is 2800. The van der Waals surface area contributed by atoms with Gasteiger partial charge in [0.2, 0.25) is 0 Å². The summed E-state index contributed by atoms with van der Waals surface area (Å²) in [5.41, 5.74) is 8.78. The van der Waals surface area contributed by atoms with Crippen LogP contribution in [0.2, 0.25) is 0 Å². The van der Waals surface area contributed by atoms with Gasteiger partial charge in [-0.15, -0.1) is 0 Å². The van der Waals surface area contributed by atoms with Gasteiger partial charge in [-0.3, -0.25) is 4.40 Å². The molecule has 0 bridgehead atoms. The molecular weight excluding hydrogens is 623 g/mol. The predicted molar refractivity (Wildman–Crippen MR) is 210 cm³/mol. The molecule has 3 heterocycles. The maximum Gasteiger partial charge on any atom is 0.164 e. The number of benzene rings is 5. The van der Waals surface area contributed by atoms with E-state index in [0.717, 1.165) is 50.4 Å². The zero-order chi connectivity index (χ0) is 38.9. The number of imidazole rings is 1. The summed E-state index contributed by atoms with van der Waals surface area (Å²) in [4.78, 5) is 19.9. The smallest absolute Gasteiger partial charge is 0.164 e. The second-order valence-electron chi connectivity index (χ2n) is 11.9. The highest BCUT2D eigenvalue weighted by molar-refractivity contribution is 5.86. The Labute approximate surface area is 305 Å². The van der Waals surface area contributed by atoms with Crippen molar-refractivity contribution in [2.45, 2.75) is 13.8 Å². The molecule has 5 nitrogen and oxygen atoms in total.